The summed E-state index contributed by atoms with van der Waals surface area (Å²) in [5.74, 6) is 0.204. The molecular formula is C24H20O5. The van der Waals surface area contributed by atoms with Crippen molar-refractivity contribution in [2.45, 2.75) is 12.5 Å². The standard InChI is InChI=1S/C24H20O5/c1-24(27,17-6-4-3-5-7-17)18-10-8-15(9-11-18)19-12-16-13-22(28-2)20(25)14-21(16)29-23(19)26/h3-14,25,27H,1-2H3. The Bertz CT molecular complexity index is 1220. The van der Waals surface area contributed by atoms with Crippen LogP contribution in [0.2, 0.25) is 0 Å². The molecule has 4 aromatic rings. The molecule has 0 fully saturated rings. The maximum Gasteiger partial charge on any atom is 0.344 e. The maximum absolute atomic E-state index is 12.5. The molecule has 4 rings (SSSR count). The van der Waals surface area contributed by atoms with Crippen LogP contribution < -0.4 is 10.4 Å². The van der Waals surface area contributed by atoms with Gasteiger partial charge in [0.25, 0.3) is 0 Å². The van der Waals surface area contributed by atoms with Gasteiger partial charge in [0, 0.05) is 11.5 Å². The van der Waals surface area contributed by atoms with Crippen LogP contribution in [-0.4, -0.2) is 17.3 Å². The fourth-order valence-corrected chi connectivity index (χ4v) is 3.40. The highest BCUT2D eigenvalue weighted by Gasteiger charge is 2.25. The topological polar surface area (TPSA) is 79.9 Å². The van der Waals surface area contributed by atoms with Crippen LogP contribution in [0.25, 0.3) is 22.1 Å². The minimum Gasteiger partial charge on any atom is -0.504 e. The third-order valence-corrected chi connectivity index (χ3v) is 5.13. The van der Waals surface area contributed by atoms with Gasteiger partial charge >= 0.3 is 5.63 Å². The highest BCUT2D eigenvalue weighted by Crippen LogP contribution is 2.33. The highest BCUT2D eigenvalue weighted by molar-refractivity contribution is 5.84. The van der Waals surface area contributed by atoms with E-state index in [9.17, 15) is 15.0 Å². The molecule has 146 valence electrons. The lowest BCUT2D eigenvalue weighted by Gasteiger charge is -2.24. The van der Waals surface area contributed by atoms with Crippen LogP contribution >= 0.6 is 0 Å². The molecule has 1 aromatic heterocycles. The Morgan fingerprint density at radius 1 is 0.931 bits per heavy atom. The molecule has 1 heterocycles. The van der Waals surface area contributed by atoms with Crippen molar-refractivity contribution in [1.82, 2.24) is 0 Å². The average Bonchev–Trinajstić information content (AvgIpc) is 2.73. The van der Waals surface area contributed by atoms with Crippen molar-refractivity contribution in [3.63, 3.8) is 0 Å². The zero-order valence-electron chi connectivity index (χ0n) is 16.0. The van der Waals surface area contributed by atoms with E-state index in [0.717, 1.165) is 5.56 Å². The first-order valence-electron chi connectivity index (χ1n) is 9.14. The van der Waals surface area contributed by atoms with Gasteiger partial charge in [0.05, 0.1) is 12.7 Å². The van der Waals surface area contributed by atoms with Crippen molar-refractivity contribution in [3.8, 4) is 22.6 Å². The smallest absolute Gasteiger partial charge is 0.344 e. The van der Waals surface area contributed by atoms with Gasteiger partial charge in [-0.25, -0.2) is 4.79 Å². The van der Waals surface area contributed by atoms with E-state index >= 15 is 0 Å². The molecule has 0 spiro atoms. The number of aliphatic hydroxyl groups is 1. The molecule has 0 aliphatic heterocycles. The first-order chi connectivity index (χ1) is 13.9. The van der Waals surface area contributed by atoms with Crippen molar-refractivity contribution >= 4 is 11.0 Å². The van der Waals surface area contributed by atoms with Crippen molar-refractivity contribution in [2.24, 2.45) is 0 Å². The van der Waals surface area contributed by atoms with Gasteiger partial charge in [-0.15, -0.1) is 0 Å². The monoisotopic (exact) mass is 388 g/mol. The number of ether oxygens (including phenoxy) is 1. The van der Waals surface area contributed by atoms with Gasteiger partial charge in [0.1, 0.15) is 11.2 Å². The van der Waals surface area contributed by atoms with E-state index in [1.807, 2.05) is 30.3 Å². The molecule has 5 nitrogen and oxygen atoms in total. The van der Waals surface area contributed by atoms with Gasteiger partial charge in [-0.2, -0.15) is 0 Å². The SMILES string of the molecule is COc1cc2cc(-c3ccc(C(C)(O)c4ccccc4)cc3)c(=O)oc2cc1O. The van der Waals surface area contributed by atoms with Gasteiger partial charge in [-0.05, 0) is 35.7 Å². The zero-order chi connectivity index (χ0) is 20.6. The summed E-state index contributed by atoms with van der Waals surface area (Å²) >= 11 is 0. The van der Waals surface area contributed by atoms with Gasteiger partial charge in [-0.1, -0.05) is 54.6 Å². The third kappa shape index (κ3) is 3.37. The van der Waals surface area contributed by atoms with Crippen molar-refractivity contribution < 1.29 is 19.4 Å². The molecule has 5 heteroatoms. The number of fused-ring (bicyclic) bond motifs is 1. The van der Waals surface area contributed by atoms with Gasteiger partial charge in [0.15, 0.2) is 11.5 Å². The van der Waals surface area contributed by atoms with Crippen LogP contribution in [0.3, 0.4) is 0 Å². The van der Waals surface area contributed by atoms with Gasteiger partial charge in [0.2, 0.25) is 0 Å². The minimum absolute atomic E-state index is 0.0941. The molecule has 1 unspecified atom stereocenters. The molecular weight excluding hydrogens is 368 g/mol. The summed E-state index contributed by atoms with van der Waals surface area (Å²) in [6.45, 7) is 1.74. The molecule has 0 saturated heterocycles. The van der Waals surface area contributed by atoms with Gasteiger partial charge < -0.3 is 19.4 Å². The van der Waals surface area contributed by atoms with E-state index in [1.165, 1.54) is 13.2 Å². The van der Waals surface area contributed by atoms with E-state index in [-0.39, 0.29) is 11.3 Å². The second-order valence-corrected chi connectivity index (χ2v) is 7.03. The summed E-state index contributed by atoms with van der Waals surface area (Å²) < 4.78 is 10.5. The van der Waals surface area contributed by atoms with E-state index in [4.69, 9.17) is 9.15 Å². The van der Waals surface area contributed by atoms with E-state index in [2.05, 4.69) is 0 Å². The summed E-state index contributed by atoms with van der Waals surface area (Å²) in [5.41, 5.74) is 1.16. The van der Waals surface area contributed by atoms with Crippen LogP contribution in [0.4, 0.5) is 0 Å². The minimum atomic E-state index is -1.15. The predicted molar refractivity (Wildman–Crippen MR) is 111 cm³/mol. The van der Waals surface area contributed by atoms with Crippen molar-refractivity contribution in [3.05, 3.63) is 94.3 Å². The first-order valence-corrected chi connectivity index (χ1v) is 9.14. The Morgan fingerprint density at radius 2 is 1.59 bits per heavy atom. The number of phenols is 1. The number of aromatic hydroxyl groups is 1. The second-order valence-electron chi connectivity index (χ2n) is 7.03. The molecule has 3 aromatic carbocycles. The Balaban J connectivity index is 1.76. The van der Waals surface area contributed by atoms with E-state index in [1.54, 1.807) is 43.3 Å². The number of methoxy groups -OCH3 is 1. The fraction of sp³-hybridized carbons (Fsp3) is 0.125. The fourth-order valence-electron chi connectivity index (χ4n) is 3.40. The summed E-state index contributed by atoms with van der Waals surface area (Å²) in [4.78, 5) is 12.5. The Labute approximate surface area is 167 Å². The predicted octanol–water partition coefficient (Wildman–Crippen LogP) is 4.43. The summed E-state index contributed by atoms with van der Waals surface area (Å²) in [7, 11) is 1.46. The lowest BCUT2D eigenvalue weighted by atomic mass is 9.87. The molecule has 0 radical (unpaired) electrons. The zero-order valence-corrected chi connectivity index (χ0v) is 16.0. The van der Waals surface area contributed by atoms with Crippen LogP contribution in [0.5, 0.6) is 11.5 Å². The molecule has 0 amide bonds. The largest absolute Gasteiger partial charge is 0.504 e. The summed E-state index contributed by atoms with van der Waals surface area (Å²) in [5, 5.41) is 21.5. The molecule has 29 heavy (non-hydrogen) atoms. The second kappa shape index (κ2) is 7.11. The third-order valence-electron chi connectivity index (χ3n) is 5.13. The summed E-state index contributed by atoms with van der Waals surface area (Å²) in [6, 6.07) is 21.2. The van der Waals surface area contributed by atoms with Crippen LogP contribution in [-0.2, 0) is 5.60 Å². The number of hydrogen-bond donors (Lipinski definition) is 2. The van der Waals surface area contributed by atoms with Crippen molar-refractivity contribution in [1.29, 1.82) is 0 Å². The lowest BCUT2D eigenvalue weighted by Crippen LogP contribution is -2.22. The molecule has 0 aliphatic rings. The normalized spacial score (nSPS) is 13.2. The molecule has 1 atom stereocenters. The van der Waals surface area contributed by atoms with Crippen LogP contribution in [0, 0.1) is 0 Å². The lowest BCUT2D eigenvalue weighted by molar-refractivity contribution is 0.102. The molecule has 2 N–H and O–H groups in total. The van der Waals surface area contributed by atoms with Crippen molar-refractivity contribution in [2.75, 3.05) is 7.11 Å². The molecule has 0 aliphatic carbocycles. The number of hydrogen-bond acceptors (Lipinski definition) is 5. The first kappa shape index (κ1) is 18.8. The molecule has 0 bridgehead atoms. The number of benzene rings is 3. The number of phenolic OH excluding ortho intramolecular Hbond substituents is 1. The Morgan fingerprint density at radius 3 is 2.24 bits per heavy atom. The van der Waals surface area contributed by atoms with Crippen LogP contribution in [0.1, 0.15) is 18.1 Å². The quantitative estimate of drug-likeness (QED) is 0.506. The average molecular weight is 388 g/mol. The number of rotatable bonds is 4. The molecule has 0 saturated carbocycles. The van der Waals surface area contributed by atoms with E-state index < -0.39 is 11.2 Å². The van der Waals surface area contributed by atoms with E-state index in [0.29, 0.717) is 27.8 Å². The maximum atomic E-state index is 12.5. The Kier molecular flexibility index (Phi) is 4.60. The summed E-state index contributed by atoms with van der Waals surface area (Å²) in [6.07, 6.45) is 0. The van der Waals surface area contributed by atoms with Gasteiger partial charge in [-0.3, -0.25) is 0 Å². The van der Waals surface area contributed by atoms with Crippen LogP contribution in [0.15, 0.2) is 82.0 Å². The highest BCUT2D eigenvalue weighted by atomic mass is 16.5. The Hall–Kier alpha value is -3.57.